The van der Waals surface area contributed by atoms with E-state index in [2.05, 4.69) is 36.6 Å². The summed E-state index contributed by atoms with van der Waals surface area (Å²) in [5.74, 6) is -6.96. The van der Waals surface area contributed by atoms with E-state index in [1.54, 1.807) is 6.92 Å². The Balaban J connectivity index is 1.32. The van der Waals surface area contributed by atoms with Gasteiger partial charge in [0.25, 0.3) is 0 Å². The minimum Gasteiger partial charge on any atom is -0.480 e. The smallest absolute Gasteiger partial charge is 0.326 e. The minimum atomic E-state index is -1.28. The van der Waals surface area contributed by atoms with Gasteiger partial charge < -0.3 is 80.0 Å². The second-order valence-electron chi connectivity index (χ2n) is 18.3. The molecule has 4 fully saturated rings. The summed E-state index contributed by atoms with van der Waals surface area (Å²) in [6, 6.07) is -7.01. The van der Waals surface area contributed by atoms with Crippen LogP contribution >= 0.6 is 0 Å². The molecule has 4 aliphatic heterocycles. The molecule has 0 spiro atoms. The van der Waals surface area contributed by atoms with Gasteiger partial charge in [0.05, 0.1) is 19.6 Å². The van der Waals surface area contributed by atoms with Gasteiger partial charge in [-0.15, -0.1) is 0 Å². The normalized spacial score (nSPS) is 21.3. The van der Waals surface area contributed by atoms with Gasteiger partial charge in [0.2, 0.25) is 53.2 Å². The molecule has 71 heavy (non-hydrogen) atoms. The molecule has 16 N–H and O–H groups in total. The fourth-order valence-electron chi connectivity index (χ4n) is 9.43. The predicted octanol–water partition coefficient (Wildman–Crippen LogP) is -5.17. The van der Waals surface area contributed by atoms with Crippen LogP contribution in [0.2, 0.25) is 0 Å². The number of aliphatic imine (C=N–C) groups is 2. The Kier molecular flexibility index (Phi) is 22.0. The van der Waals surface area contributed by atoms with Crippen LogP contribution in [0.5, 0.6) is 0 Å². The van der Waals surface area contributed by atoms with Gasteiger partial charge in [-0.3, -0.25) is 53.1 Å². The Bertz CT molecular complexity index is 2010. The third-order valence-electron chi connectivity index (χ3n) is 13.3. The zero-order valence-electron chi connectivity index (χ0n) is 40.8. The van der Waals surface area contributed by atoms with Gasteiger partial charge in [-0.1, -0.05) is 20.3 Å². The van der Waals surface area contributed by atoms with Crippen molar-refractivity contribution in [1.29, 1.82) is 0 Å². The summed E-state index contributed by atoms with van der Waals surface area (Å²) in [7, 11) is 0. The second kappa shape index (κ2) is 27.6. The van der Waals surface area contributed by atoms with Crippen molar-refractivity contribution in [3.05, 3.63) is 0 Å². The summed E-state index contributed by atoms with van der Waals surface area (Å²) in [4.78, 5) is 147. The zero-order chi connectivity index (χ0) is 52.4. The highest BCUT2D eigenvalue weighted by molar-refractivity contribution is 5.98. The minimum absolute atomic E-state index is 0.0290. The number of carboxylic acid groups (broad SMARTS) is 1. The summed E-state index contributed by atoms with van der Waals surface area (Å²) in [5, 5.41) is 22.4. The summed E-state index contributed by atoms with van der Waals surface area (Å²) < 4.78 is 0. The van der Waals surface area contributed by atoms with Gasteiger partial charge in [-0.05, 0) is 83.0 Å². The van der Waals surface area contributed by atoms with E-state index in [1.165, 1.54) is 19.6 Å². The van der Waals surface area contributed by atoms with Gasteiger partial charge in [-0.2, -0.15) is 0 Å². The number of carboxylic acids is 1. The Morgan fingerprint density at radius 1 is 0.606 bits per heavy atom. The number of likely N-dealkylation sites (tertiary alicyclic amines) is 4. The first-order valence-electron chi connectivity index (χ1n) is 24.5. The molecule has 4 rings (SSSR count). The average Bonchev–Trinajstić information content (AvgIpc) is 4.20. The molecule has 8 atom stereocenters. The molecule has 0 radical (unpaired) electrons. The second-order valence-corrected chi connectivity index (χ2v) is 18.3. The monoisotopic (exact) mass is 1000 g/mol. The number of carbonyl (C=O) groups is 10. The van der Waals surface area contributed by atoms with Crippen molar-refractivity contribution in [1.82, 2.24) is 46.2 Å². The number of amides is 9. The first-order chi connectivity index (χ1) is 33.8. The van der Waals surface area contributed by atoms with E-state index >= 15 is 0 Å². The number of rotatable bonds is 25. The lowest BCUT2D eigenvalue weighted by atomic mass is 9.97. The lowest BCUT2D eigenvalue weighted by Crippen LogP contribution is -2.58. The standard InChI is InChI=1S/C44H74N16O11/c1-3-25(2)35(38(66)52-23-33(62)55-27(42(70)71)11-5-17-51-44(48)49)56-37(65)29-13-7-20-59(29)40(68)30-14-8-18-57(30)34(63)24-53-36(64)28-12-6-19-58(28)41(69)31-15-9-21-60(31)39(67)26(54-32(61)22-45)10-4-16-50-43(46)47/h25-31,35H,3-24,45H2,1-2H3,(H,52,66)(H,53,64)(H,54,61)(H,55,62)(H,56,65)(H,70,71)(H4,46,47,50)(H4,48,49,51)/t25-,26-,27-,28-,29-,30-,31-,35-/m0/s1. The van der Waals surface area contributed by atoms with Gasteiger partial charge in [0.1, 0.15) is 42.3 Å². The molecule has 0 aromatic heterocycles. The lowest BCUT2D eigenvalue weighted by molar-refractivity contribution is -0.148. The molecule has 9 amide bonds. The molecule has 0 bridgehead atoms. The number of nitrogens with one attached hydrogen (secondary N) is 5. The lowest BCUT2D eigenvalue weighted by Gasteiger charge is -2.33. The van der Waals surface area contributed by atoms with Crippen molar-refractivity contribution in [3.63, 3.8) is 0 Å². The number of guanidine groups is 2. The molecule has 4 saturated heterocycles. The third kappa shape index (κ3) is 16.1. The van der Waals surface area contributed by atoms with Gasteiger partial charge in [-0.25, -0.2) is 4.79 Å². The van der Waals surface area contributed by atoms with Crippen LogP contribution in [0.15, 0.2) is 9.98 Å². The molecule has 0 aromatic carbocycles. The van der Waals surface area contributed by atoms with Gasteiger partial charge in [0, 0.05) is 39.3 Å². The molecule has 0 aliphatic carbocycles. The highest BCUT2D eigenvalue weighted by atomic mass is 16.4. The van der Waals surface area contributed by atoms with Gasteiger partial charge in [0.15, 0.2) is 11.9 Å². The van der Waals surface area contributed by atoms with Crippen molar-refractivity contribution >= 4 is 71.1 Å². The van der Waals surface area contributed by atoms with Crippen LogP contribution in [0.1, 0.15) is 97.3 Å². The SMILES string of the molecule is CC[C@H](C)[C@H](NC(=O)[C@@H]1CCCN1C(=O)[C@@H]1CCCN1C(=O)CNC(=O)[C@@H]1CCCN1C(=O)[C@@H]1CCCN1C(=O)[C@H](CCCN=C(N)N)NC(=O)CN)C(=O)NCC(=O)N[C@@H](CCCN=C(N)N)C(=O)O. The van der Waals surface area contributed by atoms with Crippen LogP contribution in [0.3, 0.4) is 0 Å². The molecule has 4 aliphatic rings. The molecule has 396 valence electrons. The van der Waals surface area contributed by atoms with Crippen LogP contribution in [-0.2, 0) is 47.9 Å². The largest absolute Gasteiger partial charge is 0.480 e. The number of carbonyl (C=O) groups excluding carboxylic acids is 9. The highest BCUT2D eigenvalue weighted by Crippen LogP contribution is 2.28. The van der Waals surface area contributed by atoms with Crippen LogP contribution in [0, 0.1) is 5.92 Å². The molecule has 27 heteroatoms. The number of hydrogen-bond acceptors (Lipinski definition) is 13. The first-order valence-corrected chi connectivity index (χ1v) is 24.5. The Morgan fingerprint density at radius 2 is 1.08 bits per heavy atom. The third-order valence-corrected chi connectivity index (χ3v) is 13.3. The van der Waals surface area contributed by atoms with Gasteiger partial charge >= 0.3 is 5.97 Å². The first kappa shape index (κ1) is 56.8. The van der Waals surface area contributed by atoms with Crippen molar-refractivity contribution in [2.45, 2.75) is 140 Å². The Labute approximate surface area is 412 Å². The van der Waals surface area contributed by atoms with E-state index in [-0.39, 0.29) is 77.0 Å². The topological polar surface area (TPSA) is 419 Å². The number of hydrogen-bond donors (Lipinski definition) is 11. The van der Waals surface area contributed by atoms with E-state index in [0.717, 1.165) is 0 Å². The van der Waals surface area contributed by atoms with E-state index in [0.29, 0.717) is 64.2 Å². The van der Waals surface area contributed by atoms with Crippen LogP contribution < -0.4 is 55.3 Å². The van der Waals surface area contributed by atoms with Crippen LogP contribution in [0.4, 0.5) is 0 Å². The highest BCUT2D eigenvalue weighted by Gasteiger charge is 2.45. The molecule has 0 unspecified atom stereocenters. The van der Waals surface area contributed by atoms with Crippen LogP contribution in [-0.4, -0.2) is 197 Å². The number of nitrogens with zero attached hydrogens (tertiary/aromatic N) is 6. The summed E-state index contributed by atoms with van der Waals surface area (Å²) in [5.41, 5.74) is 26.9. The van der Waals surface area contributed by atoms with E-state index in [4.69, 9.17) is 28.7 Å². The van der Waals surface area contributed by atoms with Crippen molar-refractivity contribution in [2.75, 3.05) is 58.9 Å². The fourth-order valence-corrected chi connectivity index (χ4v) is 9.43. The van der Waals surface area contributed by atoms with Crippen molar-refractivity contribution in [2.24, 2.45) is 44.6 Å². The zero-order valence-corrected chi connectivity index (χ0v) is 40.8. The Morgan fingerprint density at radius 3 is 1.61 bits per heavy atom. The molecule has 0 aromatic rings. The number of aliphatic carboxylic acids is 1. The van der Waals surface area contributed by atoms with Crippen molar-refractivity contribution in [3.8, 4) is 0 Å². The predicted molar refractivity (Wildman–Crippen MR) is 257 cm³/mol. The maximum absolute atomic E-state index is 14.1. The molecule has 0 saturated carbocycles. The Hall–Kier alpha value is -6.80. The van der Waals surface area contributed by atoms with E-state index < -0.39 is 120 Å². The summed E-state index contributed by atoms with van der Waals surface area (Å²) in [6.07, 6.45) is 4.58. The molecule has 4 heterocycles. The summed E-state index contributed by atoms with van der Waals surface area (Å²) in [6.45, 7) is 3.52. The maximum atomic E-state index is 14.1. The van der Waals surface area contributed by atoms with E-state index in [9.17, 15) is 53.1 Å². The van der Waals surface area contributed by atoms with Crippen LogP contribution in [0.25, 0.3) is 0 Å². The average molecular weight is 1000 g/mol. The fraction of sp³-hybridized carbons (Fsp3) is 0.727. The quantitative estimate of drug-likeness (QED) is 0.0231. The molecular weight excluding hydrogens is 929 g/mol. The molecule has 27 nitrogen and oxygen atoms in total. The maximum Gasteiger partial charge on any atom is 0.326 e. The van der Waals surface area contributed by atoms with E-state index in [1.807, 2.05) is 6.92 Å². The summed E-state index contributed by atoms with van der Waals surface area (Å²) >= 11 is 0. The number of nitrogens with two attached hydrogens (primary N) is 5. The van der Waals surface area contributed by atoms with Crippen molar-refractivity contribution < 1.29 is 53.1 Å². The molecular formula is C44H74N16O11.